The Morgan fingerprint density at radius 1 is 1.60 bits per heavy atom. The van der Waals surface area contributed by atoms with Crippen molar-refractivity contribution in [3.63, 3.8) is 0 Å². The molecule has 5 heteroatoms. The highest BCUT2D eigenvalue weighted by Gasteiger charge is 2.30. The van der Waals surface area contributed by atoms with Crippen molar-refractivity contribution in [2.75, 3.05) is 26.3 Å². The van der Waals surface area contributed by atoms with Crippen LogP contribution in [-0.4, -0.2) is 42.9 Å². The van der Waals surface area contributed by atoms with E-state index in [-0.39, 0.29) is 11.8 Å². The average Bonchev–Trinajstić information content (AvgIpc) is 2.26. The van der Waals surface area contributed by atoms with Crippen LogP contribution in [0.3, 0.4) is 0 Å². The van der Waals surface area contributed by atoms with Gasteiger partial charge in [0.1, 0.15) is 0 Å². The summed E-state index contributed by atoms with van der Waals surface area (Å²) in [6.07, 6.45) is 1.15. The Kier molecular flexibility index (Phi) is 4.50. The molecule has 1 unspecified atom stereocenters. The number of aliphatic hydroxyl groups is 1. The molecule has 0 aromatic rings. The van der Waals surface area contributed by atoms with Gasteiger partial charge in [-0.05, 0) is 0 Å². The van der Waals surface area contributed by atoms with E-state index >= 15 is 0 Å². The lowest BCUT2D eigenvalue weighted by molar-refractivity contribution is -0.127. The molecule has 15 heavy (non-hydrogen) atoms. The fourth-order valence-electron chi connectivity index (χ4n) is 1.46. The van der Waals surface area contributed by atoms with Crippen molar-refractivity contribution in [3.05, 3.63) is 0 Å². The molecule has 88 valence electrons. The molecule has 1 saturated heterocycles. The minimum Gasteiger partial charge on any atom is -0.388 e. The maximum atomic E-state index is 11.4. The first-order valence-electron chi connectivity index (χ1n) is 5.35. The van der Waals surface area contributed by atoms with E-state index in [0.717, 1.165) is 0 Å². The zero-order chi connectivity index (χ0) is 11.3. The lowest BCUT2D eigenvalue weighted by Crippen LogP contribution is -2.48. The summed E-state index contributed by atoms with van der Waals surface area (Å²) in [7, 11) is 0. The van der Waals surface area contributed by atoms with Gasteiger partial charge in [-0.1, -0.05) is 6.92 Å². The summed E-state index contributed by atoms with van der Waals surface area (Å²) in [5.74, 6) is -0.300. The molecule has 1 aliphatic heterocycles. The number of hydrogen-bond donors (Lipinski definition) is 3. The third-order valence-electron chi connectivity index (χ3n) is 2.82. The van der Waals surface area contributed by atoms with E-state index in [0.29, 0.717) is 39.1 Å². The van der Waals surface area contributed by atoms with E-state index in [1.165, 1.54) is 0 Å². The Hall–Kier alpha value is -0.650. The second-order valence-electron chi connectivity index (χ2n) is 4.19. The summed E-state index contributed by atoms with van der Waals surface area (Å²) in [4.78, 5) is 11.4. The lowest BCUT2D eigenvalue weighted by Gasteiger charge is -2.32. The molecule has 0 saturated carbocycles. The molecule has 0 spiro atoms. The van der Waals surface area contributed by atoms with Gasteiger partial charge in [0.25, 0.3) is 0 Å². The molecule has 0 aromatic heterocycles. The van der Waals surface area contributed by atoms with Gasteiger partial charge >= 0.3 is 0 Å². The first-order valence-corrected chi connectivity index (χ1v) is 5.35. The van der Waals surface area contributed by atoms with Crippen LogP contribution in [0.1, 0.15) is 19.8 Å². The van der Waals surface area contributed by atoms with E-state index in [4.69, 9.17) is 10.5 Å². The summed E-state index contributed by atoms with van der Waals surface area (Å²) < 4.78 is 5.15. The number of carbonyl (C=O) groups is 1. The van der Waals surface area contributed by atoms with Crippen LogP contribution in [0.15, 0.2) is 0 Å². The van der Waals surface area contributed by atoms with Gasteiger partial charge in [0, 0.05) is 45.1 Å². The Balaban J connectivity index is 2.31. The number of hydrogen-bond acceptors (Lipinski definition) is 4. The second kappa shape index (κ2) is 5.44. The molecule has 0 bridgehead atoms. The number of carbonyl (C=O) groups excluding carboxylic acids is 1. The predicted molar refractivity (Wildman–Crippen MR) is 56.2 cm³/mol. The number of nitrogens with one attached hydrogen (secondary N) is 1. The summed E-state index contributed by atoms with van der Waals surface area (Å²) in [6, 6.07) is 0. The zero-order valence-corrected chi connectivity index (χ0v) is 9.16. The molecule has 0 aliphatic carbocycles. The highest BCUT2D eigenvalue weighted by atomic mass is 16.5. The SMILES string of the molecule is CC(CN)C(=O)NCC1(O)CCOCC1. The highest BCUT2D eigenvalue weighted by Crippen LogP contribution is 2.19. The molecule has 1 fully saturated rings. The third-order valence-corrected chi connectivity index (χ3v) is 2.82. The average molecular weight is 216 g/mol. The third kappa shape index (κ3) is 3.77. The van der Waals surface area contributed by atoms with Crippen molar-refractivity contribution in [3.8, 4) is 0 Å². The molecule has 1 amide bonds. The van der Waals surface area contributed by atoms with Crippen molar-refractivity contribution >= 4 is 5.91 Å². The molecule has 0 aromatic carbocycles. The zero-order valence-electron chi connectivity index (χ0n) is 9.16. The molecule has 1 heterocycles. The van der Waals surface area contributed by atoms with Crippen molar-refractivity contribution < 1.29 is 14.6 Å². The fourth-order valence-corrected chi connectivity index (χ4v) is 1.46. The first-order chi connectivity index (χ1) is 7.07. The normalized spacial score (nSPS) is 22.1. The van der Waals surface area contributed by atoms with Crippen molar-refractivity contribution in [1.29, 1.82) is 0 Å². The van der Waals surface area contributed by atoms with Crippen LogP contribution >= 0.6 is 0 Å². The van der Waals surface area contributed by atoms with Crippen molar-refractivity contribution in [2.24, 2.45) is 11.7 Å². The topological polar surface area (TPSA) is 84.6 Å². The minimum absolute atomic E-state index is 0.0996. The Labute approximate surface area is 90.0 Å². The van der Waals surface area contributed by atoms with Gasteiger partial charge in [-0.2, -0.15) is 0 Å². The quantitative estimate of drug-likeness (QED) is 0.576. The predicted octanol–water partition coefficient (Wildman–Crippen LogP) is -0.761. The molecular formula is C10H20N2O3. The van der Waals surface area contributed by atoms with Gasteiger partial charge in [-0.3, -0.25) is 4.79 Å². The number of nitrogens with two attached hydrogens (primary N) is 1. The van der Waals surface area contributed by atoms with E-state index in [9.17, 15) is 9.90 Å². The van der Waals surface area contributed by atoms with Crippen LogP contribution in [0, 0.1) is 5.92 Å². The maximum absolute atomic E-state index is 11.4. The number of amides is 1. The van der Waals surface area contributed by atoms with Gasteiger partial charge in [-0.25, -0.2) is 0 Å². The first kappa shape index (κ1) is 12.4. The molecule has 0 radical (unpaired) electrons. The number of rotatable bonds is 4. The van der Waals surface area contributed by atoms with Crippen molar-refractivity contribution in [2.45, 2.75) is 25.4 Å². The summed E-state index contributed by atoms with van der Waals surface area (Å²) in [5, 5.41) is 12.8. The van der Waals surface area contributed by atoms with Gasteiger partial charge < -0.3 is 20.9 Å². The summed E-state index contributed by atoms with van der Waals surface area (Å²) in [5.41, 5.74) is 4.57. The highest BCUT2D eigenvalue weighted by molar-refractivity contribution is 5.78. The largest absolute Gasteiger partial charge is 0.388 e. The molecule has 1 rings (SSSR count). The van der Waals surface area contributed by atoms with Crippen molar-refractivity contribution in [1.82, 2.24) is 5.32 Å². The van der Waals surface area contributed by atoms with E-state index < -0.39 is 5.60 Å². The molecular weight excluding hydrogens is 196 g/mol. The maximum Gasteiger partial charge on any atom is 0.224 e. The minimum atomic E-state index is -0.803. The summed E-state index contributed by atoms with van der Waals surface area (Å²) >= 11 is 0. The Bertz CT molecular complexity index is 215. The smallest absolute Gasteiger partial charge is 0.224 e. The Morgan fingerprint density at radius 2 is 2.20 bits per heavy atom. The molecule has 1 aliphatic rings. The van der Waals surface area contributed by atoms with E-state index in [1.54, 1.807) is 6.92 Å². The van der Waals surface area contributed by atoms with Crippen LogP contribution in [0.2, 0.25) is 0 Å². The lowest BCUT2D eigenvalue weighted by atomic mass is 9.94. The fraction of sp³-hybridized carbons (Fsp3) is 0.900. The van der Waals surface area contributed by atoms with Gasteiger partial charge in [0.05, 0.1) is 5.60 Å². The van der Waals surface area contributed by atoms with Crippen LogP contribution in [0.4, 0.5) is 0 Å². The molecule has 5 nitrogen and oxygen atoms in total. The van der Waals surface area contributed by atoms with Gasteiger partial charge in [-0.15, -0.1) is 0 Å². The van der Waals surface area contributed by atoms with Crippen LogP contribution in [-0.2, 0) is 9.53 Å². The van der Waals surface area contributed by atoms with Crippen LogP contribution in [0.5, 0.6) is 0 Å². The summed E-state index contributed by atoms with van der Waals surface area (Å²) in [6.45, 7) is 3.49. The van der Waals surface area contributed by atoms with E-state index in [2.05, 4.69) is 5.32 Å². The van der Waals surface area contributed by atoms with Crippen LogP contribution < -0.4 is 11.1 Å². The molecule has 1 atom stereocenters. The van der Waals surface area contributed by atoms with E-state index in [1.807, 2.05) is 0 Å². The monoisotopic (exact) mass is 216 g/mol. The second-order valence-corrected chi connectivity index (χ2v) is 4.19. The Morgan fingerprint density at radius 3 is 2.73 bits per heavy atom. The van der Waals surface area contributed by atoms with Crippen LogP contribution in [0.25, 0.3) is 0 Å². The van der Waals surface area contributed by atoms with Gasteiger partial charge in [0.15, 0.2) is 0 Å². The van der Waals surface area contributed by atoms with Gasteiger partial charge in [0.2, 0.25) is 5.91 Å². The number of ether oxygens (including phenoxy) is 1. The molecule has 4 N–H and O–H groups in total. The standard InChI is InChI=1S/C10H20N2O3/c1-8(6-11)9(13)12-7-10(14)2-4-15-5-3-10/h8,14H,2-7,11H2,1H3,(H,12,13).